The Labute approximate surface area is 157 Å². The van der Waals surface area contributed by atoms with Gasteiger partial charge >= 0.3 is 0 Å². The molecule has 4 aromatic rings. The van der Waals surface area contributed by atoms with E-state index < -0.39 is 0 Å². The Kier molecular flexibility index (Phi) is 4.53. The van der Waals surface area contributed by atoms with Crippen LogP contribution in [-0.2, 0) is 6.54 Å². The highest BCUT2D eigenvalue weighted by Crippen LogP contribution is 2.22. The number of nitrogens with zero attached hydrogens (tertiary/aromatic N) is 4. The molecule has 0 fully saturated rings. The van der Waals surface area contributed by atoms with Gasteiger partial charge in [0.25, 0.3) is 0 Å². The number of aromatic nitrogens is 4. The zero-order chi connectivity index (χ0) is 18.6. The van der Waals surface area contributed by atoms with Crippen LogP contribution in [0.5, 0.6) is 5.88 Å². The standard InChI is InChI=1S/C21H19N5O/c1-27-21-10-9-18(12-23-21)16-7-5-15(6-8-16)13-26-14-20(24-25-26)17-3-2-4-19(22)11-17/h2-12,14H,13,22H2,1H3. The molecule has 27 heavy (non-hydrogen) atoms. The molecular formula is C21H19N5O. The van der Waals surface area contributed by atoms with Crippen molar-refractivity contribution in [1.29, 1.82) is 0 Å². The zero-order valence-corrected chi connectivity index (χ0v) is 14.9. The molecule has 0 unspecified atom stereocenters. The monoisotopic (exact) mass is 357 g/mol. The maximum atomic E-state index is 5.84. The Morgan fingerprint density at radius 2 is 1.78 bits per heavy atom. The first-order valence-electron chi connectivity index (χ1n) is 8.57. The number of benzene rings is 2. The molecule has 0 saturated carbocycles. The lowest BCUT2D eigenvalue weighted by molar-refractivity contribution is 0.398. The van der Waals surface area contributed by atoms with Crippen LogP contribution in [0.4, 0.5) is 5.69 Å². The summed E-state index contributed by atoms with van der Waals surface area (Å²) in [7, 11) is 1.61. The lowest BCUT2D eigenvalue weighted by Crippen LogP contribution is -2.00. The minimum absolute atomic E-state index is 0.609. The van der Waals surface area contributed by atoms with Gasteiger partial charge in [-0.3, -0.25) is 0 Å². The molecule has 0 aliphatic heterocycles. The number of rotatable bonds is 5. The van der Waals surface area contributed by atoms with Crippen molar-refractivity contribution in [2.45, 2.75) is 6.54 Å². The van der Waals surface area contributed by atoms with Crippen LogP contribution in [0, 0.1) is 0 Å². The van der Waals surface area contributed by atoms with Crippen molar-refractivity contribution in [1.82, 2.24) is 20.0 Å². The first-order valence-corrected chi connectivity index (χ1v) is 8.57. The SMILES string of the molecule is COc1ccc(-c2ccc(Cn3cc(-c4cccc(N)c4)nn3)cc2)cn1. The highest BCUT2D eigenvalue weighted by atomic mass is 16.5. The van der Waals surface area contributed by atoms with Crippen LogP contribution < -0.4 is 10.5 Å². The quantitative estimate of drug-likeness (QED) is 0.552. The molecule has 2 aromatic carbocycles. The third kappa shape index (κ3) is 3.79. The van der Waals surface area contributed by atoms with E-state index in [0.717, 1.165) is 27.9 Å². The Bertz CT molecular complexity index is 1040. The predicted molar refractivity (Wildman–Crippen MR) is 105 cm³/mol. The van der Waals surface area contributed by atoms with E-state index in [1.807, 2.05) is 53.5 Å². The number of methoxy groups -OCH3 is 1. The van der Waals surface area contributed by atoms with Crippen LogP contribution in [0.25, 0.3) is 22.4 Å². The van der Waals surface area contributed by atoms with Crippen LogP contribution in [0.1, 0.15) is 5.56 Å². The fourth-order valence-corrected chi connectivity index (χ4v) is 2.87. The Morgan fingerprint density at radius 1 is 0.963 bits per heavy atom. The van der Waals surface area contributed by atoms with Crippen LogP contribution in [0.2, 0.25) is 0 Å². The van der Waals surface area contributed by atoms with Gasteiger partial charge in [-0.15, -0.1) is 5.10 Å². The topological polar surface area (TPSA) is 78.9 Å². The van der Waals surface area contributed by atoms with Crippen molar-refractivity contribution in [2.24, 2.45) is 0 Å². The third-order valence-corrected chi connectivity index (χ3v) is 4.30. The van der Waals surface area contributed by atoms with E-state index >= 15 is 0 Å². The Balaban J connectivity index is 1.48. The fourth-order valence-electron chi connectivity index (χ4n) is 2.87. The van der Waals surface area contributed by atoms with Gasteiger partial charge in [0, 0.05) is 29.1 Å². The summed E-state index contributed by atoms with van der Waals surface area (Å²) in [5.41, 5.74) is 11.6. The number of nitrogen functional groups attached to an aromatic ring is 1. The fraction of sp³-hybridized carbons (Fsp3) is 0.0952. The summed E-state index contributed by atoms with van der Waals surface area (Å²) < 4.78 is 6.92. The summed E-state index contributed by atoms with van der Waals surface area (Å²) in [5, 5.41) is 8.46. The molecule has 6 nitrogen and oxygen atoms in total. The summed E-state index contributed by atoms with van der Waals surface area (Å²) in [6.07, 6.45) is 3.74. The molecule has 2 heterocycles. The molecule has 0 aliphatic carbocycles. The molecule has 0 atom stereocenters. The Hall–Kier alpha value is -3.67. The zero-order valence-electron chi connectivity index (χ0n) is 14.9. The van der Waals surface area contributed by atoms with Crippen molar-refractivity contribution in [3.05, 3.63) is 78.6 Å². The van der Waals surface area contributed by atoms with Gasteiger partial charge in [-0.05, 0) is 29.3 Å². The van der Waals surface area contributed by atoms with Crippen LogP contribution in [-0.4, -0.2) is 27.1 Å². The number of pyridine rings is 1. The summed E-state index contributed by atoms with van der Waals surface area (Å²) in [6.45, 7) is 0.649. The van der Waals surface area contributed by atoms with E-state index in [9.17, 15) is 0 Å². The number of ether oxygens (including phenoxy) is 1. The van der Waals surface area contributed by atoms with Gasteiger partial charge in [0.2, 0.25) is 5.88 Å². The van der Waals surface area contributed by atoms with E-state index in [-0.39, 0.29) is 0 Å². The Morgan fingerprint density at radius 3 is 2.48 bits per heavy atom. The highest BCUT2D eigenvalue weighted by molar-refractivity contribution is 5.64. The lowest BCUT2D eigenvalue weighted by atomic mass is 10.1. The van der Waals surface area contributed by atoms with Gasteiger partial charge in [0.15, 0.2) is 0 Å². The second kappa shape index (κ2) is 7.29. The van der Waals surface area contributed by atoms with Crippen LogP contribution in [0.15, 0.2) is 73.1 Å². The van der Waals surface area contributed by atoms with Gasteiger partial charge in [0.1, 0.15) is 5.69 Å². The molecule has 0 spiro atoms. The number of hydrogen-bond donors (Lipinski definition) is 1. The molecular weight excluding hydrogens is 338 g/mol. The molecule has 2 N–H and O–H groups in total. The molecule has 0 amide bonds. The van der Waals surface area contributed by atoms with Crippen molar-refractivity contribution < 1.29 is 4.74 Å². The van der Waals surface area contributed by atoms with Crippen LogP contribution >= 0.6 is 0 Å². The molecule has 2 aromatic heterocycles. The first-order chi connectivity index (χ1) is 13.2. The van der Waals surface area contributed by atoms with Gasteiger partial charge in [-0.1, -0.05) is 41.6 Å². The largest absolute Gasteiger partial charge is 0.481 e. The van der Waals surface area contributed by atoms with Gasteiger partial charge < -0.3 is 10.5 Å². The minimum atomic E-state index is 0.609. The summed E-state index contributed by atoms with van der Waals surface area (Å²) in [6, 6.07) is 19.8. The minimum Gasteiger partial charge on any atom is -0.481 e. The molecule has 0 radical (unpaired) electrons. The average molecular weight is 357 g/mol. The van der Waals surface area contributed by atoms with E-state index in [0.29, 0.717) is 18.1 Å². The highest BCUT2D eigenvalue weighted by Gasteiger charge is 2.06. The summed E-state index contributed by atoms with van der Waals surface area (Å²) >= 11 is 0. The smallest absolute Gasteiger partial charge is 0.212 e. The van der Waals surface area contributed by atoms with E-state index in [1.54, 1.807) is 7.11 Å². The average Bonchev–Trinajstić information content (AvgIpc) is 3.17. The van der Waals surface area contributed by atoms with Crippen molar-refractivity contribution in [3.63, 3.8) is 0 Å². The molecule has 0 aliphatic rings. The number of anilines is 1. The maximum Gasteiger partial charge on any atom is 0.212 e. The van der Waals surface area contributed by atoms with Gasteiger partial charge in [-0.2, -0.15) is 0 Å². The van der Waals surface area contributed by atoms with Gasteiger partial charge in [0.05, 0.1) is 19.9 Å². The molecule has 0 bridgehead atoms. The second-order valence-electron chi connectivity index (χ2n) is 6.21. The van der Waals surface area contributed by atoms with Crippen molar-refractivity contribution in [2.75, 3.05) is 12.8 Å². The van der Waals surface area contributed by atoms with Crippen molar-refractivity contribution in [3.8, 4) is 28.3 Å². The molecule has 6 heteroatoms. The molecule has 4 rings (SSSR count). The number of nitrogens with two attached hydrogens (primary N) is 1. The second-order valence-corrected chi connectivity index (χ2v) is 6.21. The van der Waals surface area contributed by atoms with Crippen molar-refractivity contribution >= 4 is 5.69 Å². The first kappa shape index (κ1) is 16.8. The number of hydrogen-bond acceptors (Lipinski definition) is 5. The summed E-state index contributed by atoms with van der Waals surface area (Å²) in [4.78, 5) is 4.25. The van der Waals surface area contributed by atoms with E-state index in [2.05, 4.69) is 39.6 Å². The third-order valence-electron chi connectivity index (χ3n) is 4.30. The van der Waals surface area contributed by atoms with Crippen LogP contribution in [0.3, 0.4) is 0 Å². The van der Waals surface area contributed by atoms with E-state index in [4.69, 9.17) is 10.5 Å². The summed E-state index contributed by atoms with van der Waals surface area (Å²) in [5.74, 6) is 0.609. The predicted octanol–water partition coefficient (Wildman–Crippen LogP) is 3.65. The molecule has 134 valence electrons. The maximum absolute atomic E-state index is 5.84. The normalized spacial score (nSPS) is 10.7. The van der Waals surface area contributed by atoms with Gasteiger partial charge in [-0.25, -0.2) is 9.67 Å². The lowest BCUT2D eigenvalue weighted by Gasteiger charge is -2.05. The molecule has 0 saturated heterocycles. The van der Waals surface area contributed by atoms with E-state index in [1.165, 1.54) is 0 Å².